The molecule has 0 rings (SSSR count). The number of hydrogen-bond acceptors (Lipinski definition) is 4. The highest BCUT2D eigenvalue weighted by Gasteiger charge is 2.16. The third kappa shape index (κ3) is 7.35. The fraction of sp³-hybridized carbons (Fsp3) is 0.750. The molecule has 0 aliphatic heterocycles. The van der Waals surface area contributed by atoms with Crippen molar-refractivity contribution < 1.29 is 9.53 Å². The molecule has 1 amide bonds. The summed E-state index contributed by atoms with van der Waals surface area (Å²) in [7, 11) is 0. The molecule has 0 atom stereocenters. The van der Waals surface area contributed by atoms with Crippen LogP contribution in [0.1, 0.15) is 20.8 Å². The van der Waals surface area contributed by atoms with Crippen molar-refractivity contribution in [2.45, 2.75) is 26.4 Å². The Hall–Kier alpha value is -1.30. The minimum Gasteiger partial charge on any atom is -0.444 e. The number of aliphatic imine (C=N–C) groups is 1. The molecule has 6 heteroatoms. The van der Waals surface area contributed by atoms with E-state index in [2.05, 4.69) is 10.3 Å². The molecule has 0 unspecified atom stereocenters. The Labute approximate surface area is 83.7 Å². The van der Waals surface area contributed by atoms with Gasteiger partial charge in [0.15, 0.2) is 5.96 Å². The normalized spacial score (nSPS) is 12.4. The summed E-state index contributed by atoms with van der Waals surface area (Å²) in [6.45, 7) is 6.05. The highest BCUT2D eigenvalue weighted by atomic mass is 16.6. The highest BCUT2D eigenvalue weighted by molar-refractivity contribution is 5.92. The molecule has 6 nitrogen and oxygen atoms in total. The van der Waals surface area contributed by atoms with E-state index < -0.39 is 11.7 Å². The Morgan fingerprint density at radius 3 is 2.50 bits per heavy atom. The molecule has 0 fully saturated rings. The molecule has 0 saturated carbocycles. The molecule has 0 aromatic rings. The van der Waals surface area contributed by atoms with Crippen molar-refractivity contribution in [3.63, 3.8) is 0 Å². The number of carbonyl (C=O) groups is 1. The fourth-order valence-corrected chi connectivity index (χ4v) is 0.633. The average molecular weight is 202 g/mol. The van der Waals surface area contributed by atoms with Crippen LogP contribution in [0.2, 0.25) is 0 Å². The number of nitrogens with zero attached hydrogens (tertiary/aromatic N) is 1. The van der Waals surface area contributed by atoms with Crippen LogP contribution in [0.4, 0.5) is 4.79 Å². The van der Waals surface area contributed by atoms with Crippen molar-refractivity contribution in [1.29, 1.82) is 0 Å². The molecule has 0 radical (unpaired) electrons. The van der Waals surface area contributed by atoms with Gasteiger partial charge < -0.3 is 16.2 Å². The summed E-state index contributed by atoms with van der Waals surface area (Å²) in [5, 5.41) is 2.28. The van der Waals surface area contributed by atoms with Gasteiger partial charge in [0.2, 0.25) is 0 Å². The Bertz CT molecular complexity index is 220. The predicted octanol–water partition coefficient (Wildman–Crippen LogP) is -0.215. The monoisotopic (exact) mass is 202 g/mol. The largest absolute Gasteiger partial charge is 0.444 e. The average Bonchev–Trinajstić information content (AvgIpc) is 1.96. The van der Waals surface area contributed by atoms with Crippen molar-refractivity contribution in [2.75, 3.05) is 13.1 Å². The van der Waals surface area contributed by atoms with Gasteiger partial charge in [-0.3, -0.25) is 10.3 Å². The Morgan fingerprint density at radius 2 is 2.07 bits per heavy atom. The number of rotatable bonds is 2. The van der Waals surface area contributed by atoms with Crippen molar-refractivity contribution >= 4 is 12.1 Å². The third-order valence-corrected chi connectivity index (χ3v) is 1.04. The topological polar surface area (TPSA) is 103 Å². The molecule has 14 heavy (non-hydrogen) atoms. The maximum absolute atomic E-state index is 11.1. The molecule has 0 aromatic carbocycles. The van der Waals surface area contributed by atoms with E-state index in [1.54, 1.807) is 20.8 Å². The standard InChI is InChI=1S/C8H18N4O2/c1-8(2,3)14-7(13)12-6(10)11-5-4-9/h4-5,9H2,1-3H3,(H3,10,11,12,13). The fourth-order valence-electron chi connectivity index (χ4n) is 0.633. The maximum Gasteiger partial charge on any atom is 0.414 e. The predicted molar refractivity (Wildman–Crippen MR) is 54.9 cm³/mol. The Kier molecular flexibility index (Phi) is 4.93. The van der Waals surface area contributed by atoms with Crippen LogP contribution in [0.25, 0.3) is 0 Å². The summed E-state index contributed by atoms with van der Waals surface area (Å²) in [6, 6.07) is 0. The number of hydrogen-bond donors (Lipinski definition) is 3. The molecule has 0 heterocycles. The maximum atomic E-state index is 11.1. The van der Waals surface area contributed by atoms with Gasteiger partial charge >= 0.3 is 6.09 Å². The second-order valence-electron chi connectivity index (χ2n) is 3.68. The summed E-state index contributed by atoms with van der Waals surface area (Å²) in [5.74, 6) is 0.0182. The molecule has 82 valence electrons. The second kappa shape index (κ2) is 5.43. The number of guanidine groups is 1. The van der Waals surface area contributed by atoms with E-state index in [-0.39, 0.29) is 5.96 Å². The van der Waals surface area contributed by atoms with Gasteiger partial charge in [0.25, 0.3) is 0 Å². The lowest BCUT2D eigenvalue weighted by Gasteiger charge is -2.19. The minimum absolute atomic E-state index is 0.0182. The number of carbonyl (C=O) groups excluding carboxylic acids is 1. The zero-order chi connectivity index (χ0) is 11.2. The first-order chi connectivity index (χ1) is 6.35. The zero-order valence-electron chi connectivity index (χ0n) is 8.83. The zero-order valence-corrected chi connectivity index (χ0v) is 8.83. The van der Waals surface area contributed by atoms with Crippen molar-refractivity contribution in [1.82, 2.24) is 5.32 Å². The first kappa shape index (κ1) is 12.7. The van der Waals surface area contributed by atoms with Crippen LogP contribution in [-0.4, -0.2) is 30.7 Å². The van der Waals surface area contributed by atoms with E-state index in [1.807, 2.05) is 0 Å². The SMILES string of the molecule is CC(C)(C)OC(=O)NC(N)=NCCN. The highest BCUT2D eigenvalue weighted by Crippen LogP contribution is 2.05. The van der Waals surface area contributed by atoms with Gasteiger partial charge in [-0.15, -0.1) is 0 Å². The van der Waals surface area contributed by atoms with Gasteiger partial charge in [0, 0.05) is 6.54 Å². The van der Waals surface area contributed by atoms with Gasteiger partial charge in [0.05, 0.1) is 6.54 Å². The van der Waals surface area contributed by atoms with Gasteiger partial charge in [-0.05, 0) is 20.8 Å². The molecule has 0 aromatic heterocycles. The van der Waals surface area contributed by atoms with Gasteiger partial charge in [-0.2, -0.15) is 0 Å². The molecule has 0 bridgehead atoms. The van der Waals surface area contributed by atoms with E-state index in [0.29, 0.717) is 13.1 Å². The van der Waals surface area contributed by atoms with Crippen LogP contribution < -0.4 is 16.8 Å². The lowest BCUT2D eigenvalue weighted by molar-refractivity contribution is 0.0562. The number of amides is 1. The van der Waals surface area contributed by atoms with Crippen LogP contribution in [0, 0.1) is 0 Å². The first-order valence-corrected chi connectivity index (χ1v) is 4.35. The van der Waals surface area contributed by atoms with Gasteiger partial charge in [-0.25, -0.2) is 4.79 Å². The van der Waals surface area contributed by atoms with Crippen molar-refractivity contribution in [2.24, 2.45) is 16.5 Å². The van der Waals surface area contributed by atoms with E-state index in [1.165, 1.54) is 0 Å². The van der Waals surface area contributed by atoms with Crippen molar-refractivity contribution in [3.05, 3.63) is 0 Å². The molecule has 0 saturated heterocycles. The molecular formula is C8H18N4O2. The van der Waals surface area contributed by atoms with Crippen LogP contribution >= 0.6 is 0 Å². The molecule has 0 aliphatic rings. The Morgan fingerprint density at radius 1 is 1.50 bits per heavy atom. The summed E-state index contributed by atoms with van der Waals surface area (Å²) in [5.41, 5.74) is 10.0. The quantitative estimate of drug-likeness (QED) is 0.425. The van der Waals surface area contributed by atoms with Gasteiger partial charge in [-0.1, -0.05) is 0 Å². The van der Waals surface area contributed by atoms with Crippen LogP contribution in [0.5, 0.6) is 0 Å². The van der Waals surface area contributed by atoms with Crippen molar-refractivity contribution in [3.8, 4) is 0 Å². The molecule has 0 aliphatic carbocycles. The number of alkyl carbamates (subject to hydrolysis) is 1. The summed E-state index contributed by atoms with van der Waals surface area (Å²) < 4.78 is 4.95. The lowest BCUT2D eigenvalue weighted by atomic mass is 10.2. The molecule has 5 N–H and O–H groups in total. The van der Waals surface area contributed by atoms with E-state index in [4.69, 9.17) is 16.2 Å². The number of nitrogens with two attached hydrogens (primary N) is 2. The minimum atomic E-state index is -0.615. The van der Waals surface area contributed by atoms with Crippen LogP contribution in [0.15, 0.2) is 4.99 Å². The van der Waals surface area contributed by atoms with Gasteiger partial charge in [0.1, 0.15) is 5.60 Å². The summed E-state index contributed by atoms with van der Waals surface area (Å²) in [4.78, 5) is 14.9. The first-order valence-electron chi connectivity index (χ1n) is 4.35. The number of nitrogens with one attached hydrogen (secondary N) is 1. The van der Waals surface area contributed by atoms with E-state index in [0.717, 1.165) is 0 Å². The van der Waals surface area contributed by atoms with Crippen LogP contribution in [0.3, 0.4) is 0 Å². The van der Waals surface area contributed by atoms with E-state index >= 15 is 0 Å². The third-order valence-electron chi connectivity index (χ3n) is 1.04. The molecule has 0 spiro atoms. The smallest absolute Gasteiger partial charge is 0.414 e. The van der Waals surface area contributed by atoms with E-state index in [9.17, 15) is 4.79 Å². The second-order valence-corrected chi connectivity index (χ2v) is 3.68. The Balaban J connectivity index is 3.95. The summed E-state index contributed by atoms with van der Waals surface area (Å²) >= 11 is 0. The molecular weight excluding hydrogens is 184 g/mol. The van der Waals surface area contributed by atoms with Crippen LogP contribution in [-0.2, 0) is 4.74 Å². The lowest BCUT2D eigenvalue weighted by Crippen LogP contribution is -2.40. The number of ether oxygens (including phenoxy) is 1. The summed E-state index contributed by atoms with van der Waals surface area (Å²) in [6.07, 6.45) is -0.615.